The van der Waals surface area contributed by atoms with E-state index in [0.717, 1.165) is 5.56 Å². The third kappa shape index (κ3) is 4.26. The smallest absolute Gasteiger partial charge is 0.242 e. The van der Waals surface area contributed by atoms with Gasteiger partial charge in [-0.25, -0.2) is 18.1 Å². The van der Waals surface area contributed by atoms with Crippen LogP contribution in [0, 0.1) is 0 Å². The fourth-order valence-corrected chi connectivity index (χ4v) is 4.09. The highest BCUT2D eigenvalue weighted by Crippen LogP contribution is 2.25. The van der Waals surface area contributed by atoms with E-state index in [-0.39, 0.29) is 11.4 Å². The molecule has 2 rings (SSSR count). The van der Waals surface area contributed by atoms with Crippen molar-refractivity contribution in [1.82, 2.24) is 9.71 Å². The molecule has 1 aromatic carbocycles. The van der Waals surface area contributed by atoms with E-state index >= 15 is 0 Å². The van der Waals surface area contributed by atoms with Crippen LogP contribution in [0.2, 0.25) is 0 Å². The predicted octanol–water partition coefficient (Wildman–Crippen LogP) is 3.09. The number of ether oxygens (including phenoxy) is 1. The molecule has 21 heavy (non-hydrogen) atoms. The van der Waals surface area contributed by atoms with Crippen molar-refractivity contribution in [3.05, 3.63) is 51.0 Å². The number of methoxy groups -OCH3 is 1. The van der Waals surface area contributed by atoms with Crippen LogP contribution in [-0.2, 0) is 16.6 Å². The largest absolute Gasteiger partial charge is 0.481 e. The molecule has 0 saturated carbocycles. The van der Waals surface area contributed by atoms with Gasteiger partial charge in [0, 0.05) is 27.8 Å². The maximum absolute atomic E-state index is 12.3. The molecule has 0 aliphatic rings. The molecule has 0 fully saturated rings. The first-order valence-electron chi connectivity index (χ1n) is 5.86. The van der Waals surface area contributed by atoms with Gasteiger partial charge in [-0.3, -0.25) is 0 Å². The van der Waals surface area contributed by atoms with E-state index in [4.69, 9.17) is 4.74 Å². The highest BCUT2D eigenvalue weighted by atomic mass is 79.9. The van der Waals surface area contributed by atoms with Gasteiger partial charge in [0.1, 0.15) is 0 Å². The minimum atomic E-state index is -3.61. The van der Waals surface area contributed by atoms with Crippen molar-refractivity contribution in [2.75, 3.05) is 7.11 Å². The number of nitrogens with one attached hydrogen (secondary N) is 1. The van der Waals surface area contributed by atoms with Gasteiger partial charge in [-0.15, -0.1) is 0 Å². The van der Waals surface area contributed by atoms with Crippen molar-refractivity contribution in [1.29, 1.82) is 0 Å². The number of nitrogens with zero attached hydrogens (tertiary/aromatic N) is 1. The molecule has 0 spiro atoms. The van der Waals surface area contributed by atoms with Gasteiger partial charge >= 0.3 is 0 Å². The monoisotopic (exact) mass is 434 g/mol. The summed E-state index contributed by atoms with van der Waals surface area (Å²) >= 11 is 6.51. The molecule has 0 aliphatic heterocycles. The minimum Gasteiger partial charge on any atom is -0.481 e. The molecular formula is C13H12Br2N2O3S. The Labute approximate surface area is 140 Å². The van der Waals surface area contributed by atoms with Crippen LogP contribution in [0.5, 0.6) is 5.88 Å². The van der Waals surface area contributed by atoms with Gasteiger partial charge in [0.2, 0.25) is 15.9 Å². The highest BCUT2D eigenvalue weighted by Gasteiger charge is 2.17. The van der Waals surface area contributed by atoms with Gasteiger partial charge in [-0.2, -0.15) is 0 Å². The van der Waals surface area contributed by atoms with E-state index in [0.29, 0.717) is 14.8 Å². The number of rotatable bonds is 5. The Balaban J connectivity index is 2.15. The summed E-state index contributed by atoms with van der Waals surface area (Å²) in [6.07, 6.45) is 1.57. The van der Waals surface area contributed by atoms with Gasteiger partial charge in [0.05, 0.1) is 12.0 Å². The number of hydrogen-bond acceptors (Lipinski definition) is 4. The van der Waals surface area contributed by atoms with Crippen LogP contribution in [-0.4, -0.2) is 20.5 Å². The van der Waals surface area contributed by atoms with Crippen LogP contribution in [0.3, 0.4) is 0 Å². The molecule has 0 atom stereocenters. The second kappa shape index (κ2) is 6.87. The lowest BCUT2D eigenvalue weighted by atomic mass is 10.3. The average Bonchev–Trinajstić information content (AvgIpc) is 2.48. The second-order valence-electron chi connectivity index (χ2n) is 4.11. The van der Waals surface area contributed by atoms with E-state index in [1.807, 2.05) is 0 Å². The topological polar surface area (TPSA) is 68.3 Å². The molecule has 1 N–H and O–H groups in total. The first-order valence-corrected chi connectivity index (χ1v) is 8.93. The number of hydrogen-bond donors (Lipinski definition) is 1. The van der Waals surface area contributed by atoms with E-state index in [1.54, 1.807) is 36.5 Å². The number of halogens is 2. The summed E-state index contributed by atoms with van der Waals surface area (Å²) in [5.74, 6) is 0.483. The summed E-state index contributed by atoms with van der Waals surface area (Å²) in [4.78, 5) is 4.21. The maximum Gasteiger partial charge on any atom is 0.242 e. The summed E-state index contributed by atoms with van der Waals surface area (Å²) in [7, 11) is -2.09. The fourth-order valence-electron chi connectivity index (χ4n) is 1.58. The number of aromatic nitrogens is 1. The van der Waals surface area contributed by atoms with Crippen molar-refractivity contribution in [3.63, 3.8) is 0 Å². The molecule has 0 radical (unpaired) electrons. The van der Waals surface area contributed by atoms with Gasteiger partial charge < -0.3 is 4.74 Å². The van der Waals surface area contributed by atoms with Crippen LogP contribution in [0.25, 0.3) is 0 Å². The Bertz CT molecular complexity index is 734. The second-order valence-corrected chi connectivity index (χ2v) is 7.61. The molecule has 0 bridgehead atoms. The average molecular weight is 436 g/mol. The standard InChI is InChI=1S/C13H12Br2N2O3S/c1-20-13-5-2-9(7-16-13)8-17-21(18,19)12-6-10(14)3-4-11(12)15/h2-7,17H,8H2,1H3. The molecule has 8 heteroatoms. The van der Waals surface area contributed by atoms with Crippen LogP contribution in [0.15, 0.2) is 50.4 Å². The Hall–Kier alpha value is -0.960. The summed E-state index contributed by atoms with van der Waals surface area (Å²) < 4.78 is 33.3. The Morgan fingerprint density at radius 2 is 2.00 bits per heavy atom. The van der Waals surface area contributed by atoms with Crippen molar-refractivity contribution in [3.8, 4) is 5.88 Å². The summed E-state index contributed by atoms with van der Waals surface area (Å²) in [6.45, 7) is 0.151. The zero-order chi connectivity index (χ0) is 15.5. The highest BCUT2D eigenvalue weighted by molar-refractivity contribution is 9.11. The summed E-state index contributed by atoms with van der Waals surface area (Å²) in [5, 5.41) is 0. The van der Waals surface area contributed by atoms with E-state index in [1.165, 1.54) is 7.11 Å². The van der Waals surface area contributed by atoms with Gasteiger partial charge in [0.25, 0.3) is 0 Å². The molecular weight excluding hydrogens is 424 g/mol. The lowest BCUT2D eigenvalue weighted by Gasteiger charge is -2.09. The predicted molar refractivity (Wildman–Crippen MR) is 86.7 cm³/mol. The van der Waals surface area contributed by atoms with E-state index in [2.05, 4.69) is 41.6 Å². The Kier molecular flexibility index (Phi) is 5.37. The molecule has 5 nitrogen and oxygen atoms in total. The third-order valence-electron chi connectivity index (χ3n) is 2.66. The zero-order valence-corrected chi connectivity index (χ0v) is 15.0. The normalized spacial score (nSPS) is 11.4. The summed E-state index contributed by atoms with van der Waals surface area (Å²) in [5.41, 5.74) is 0.741. The number of sulfonamides is 1. The van der Waals surface area contributed by atoms with Crippen molar-refractivity contribution in [2.24, 2.45) is 0 Å². The van der Waals surface area contributed by atoms with E-state index < -0.39 is 10.0 Å². The first kappa shape index (κ1) is 16.4. The van der Waals surface area contributed by atoms with Crippen LogP contribution < -0.4 is 9.46 Å². The van der Waals surface area contributed by atoms with Gasteiger partial charge in [-0.05, 0) is 39.7 Å². The molecule has 0 unspecified atom stereocenters. The third-order valence-corrected chi connectivity index (χ3v) is 5.54. The van der Waals surface area contributed by atoms with Crippen molar-refractivity contribution in [2.45, 2.75) is 11.4 Å². The van der Waals surface area contributed by atoms with Crippen LogP contribution in [0.4, 0.5) is 0 Å². The molecule has 1 heterocycles. The Morgan fingerprint density at radius 1 is 1.24 bits per heavy atom. The lowest BCUT2D eigenvalue weighted by Crippen LogP contribution is -2.23. The molecule has 0 saturated heterocycles. The van der Waals surface area contributed by atoms with Crippen LogP contribution in [0.1, 0.15) is 5.56 Å². The van der Waals surface area contributed by atoms with Crippen molar-refractivity contribution >= 4 is 41.9 Å². The van der Waals surface area contributed by atoms with Crippen LogP contribution >= 0.6 is 31.9 Å². The number of pyridine rings is 1. The molecule has 0 aliphatic carbocycles. The quantitative estimate of drug-likeness (QED) is 0.783. The summed E-state index contributed by atoms with van der Waals surface area (Å²) in [6, 6.07) is 8.41. The maximum atomic E-state index is 12.3. The molecule has 2 aromatic rings. The zero-order valence-electron chi connectivity index (χ0n) is 11.0. The molecule has 0 amide bonds. The SMILES string of the molecule is COc1ccc(CNS(=O)(=O)c2cc(Br)ccc2Br)cn1. The van der Waals surface area contributed by atoms with Gasteiger partial charge in [0.15, 0.2) is 0 Å². The Morgan fingerprint density at radius 3 is 2.62 bits per heavy atom. The first-order chi connectivity index (χ1) is 9.92. The minimum absolute atomic E-state index is 0.151. The molecule has 1 aromatic heterocycles. The van der Waals surface area contributed by atoms with E-state index in [9.17, 15) is 8.42 Å². The fraction of sp³-hybridized carbons (Fsp3) is 0.154. The molecule has 112 valence electrons. The lowest BCUT2D eigenvalue weighted by molar-refractivity contribution is 0.397. The van der Waals surface area contributed by atoms with Crippen molar-refractivity contribution < 1.29 is 13.2 Å². The number of benzene rings is 1. The van der Waals surface area contributed by atoms with Gasteiger partial charge in [-0.1, -0.05) is 22.0 Å².